The molecule has 0 radical (unpaired) electrons. The smallest absolute Gasteiger partial charge is 0.276 e. The standard InChI is InChI=1S/C16H14Cl3NO2/c1-11-6-2-5-9-14(11)22-10-12-7-3-4-8-13(12)20-15(21)16(17,18)19/h2-9H,10H2,1H3,(H,20,21). The summed E-state index contributed by atoms with van der Waals surface area (Å²) >= 11 is 16.7. The molecule has 2 rings (SSSR count). The molecule has 0 aliphatic rings. The van der Waals surface area contributed by atoms with Crippen molar-refractivity contribution in [1.82, 2.24) is 0 Å². The Hall–Kier alpha value is -1.42. The van der Waals surface area contributed by atoms with Crippen LogP contribution in [0, 0.1) is 6.92 Å². The van der Waals surface area contributed by atoms with Gasteiger partial charge in [-0.1, -0.05) is 71.2 Å². The fourth-order valence-corrected chi connectivity index (χ4v) is 1.98. The van der Waals surface area contributed by atoms with Gasteiger partial charge in [0.1, 0.15) is 12.4 Å². The van der Waals surface area contributed by atoms with E-state index in [2.05, 4.69) is 5.32 Å². The predicted molar refractivity (Wildman–Crippen MR) is 90.9 cm³/mol. The lowest BCUT2D eigenvalue weighted by Crippen LogP contribution is -2.27. The SMILES string of the molecule is Cc1ccccc1OCc1ccccc1NC(=O)C(Cl)(Cl)Cl. The Morgan fingerprint density at radius 3 is 2.41 bits per heavy atom. The number of halogens is 3. The molecule has 0 aliphatic heterocycles. The highest BCUT2D eigenvalue weighted by molar-refractivity contribution is 6.76. The molecule has 0 aromatic heterocycles. The summed E-state index contributed by atoms with van der Waals surface area (Å²) in [6.07, 6.45) is 0. The number of aryl methyl sites for hydroxylation is 1. The number of alkyl halides is 3. The van der Waals surface area contributed by atoms with Crippen LogP contribution < -0.4 is 10.1 Å². The number of benzene rings is 2. The van der Waals surface area contributed by atoms with Crippen molar-refractivity contribution in [1.29, 1.82) is 0 Å². The van der Waals surface area contributed by atoms with Gasteiger partial charge in [-0.2, -0.15) is 0 Å². The molecule has 0 saturated heterocycles. The molecular weight excluding hydrogens is 345 g/mol. The van der Waals surface area contributed by atoms with E-state index in [4.69, 9.17) is 39.5 Å². The Labute approximate surface area is 144 Å². The summed E-state index contributed by atoms with van der Waals surface area (Å²) in [5, 5.41) is 2.59. The van der Waals surface area contributed by atoms with E-state index in [1.54, 1.807) is 12.1 Å². The fraction of sp³-hybridized carbons (Fsp3) is 0.188. The Bertz CT molecular complexity index is 668. The molecule has 0 atom stereocenters. The van der Waals surface area contributed by atoms with E-state index in [1.165, 1.54) is 0 Å². The molecule has 1 amide bonds. The second-order valence-electron chi connectivity index (χ2n) is 4.66. The molecule has 0 saturated carbocycles. The molecule has 0 heterocycles. The predicted octanol–water partition coefficient (Wildman–Crippen LogP) is 4.88. The molecule has 116 valence electrons. The van der Waals surface area contributed by atoms with Crippen molar-refractivity contribution in [3.63, 3.8) is 0 Å². The quantitative estimate of drug-likeness (QED) is 0.791. The number of carbonyl (C=O) groups is 1. The molecule has 0 aliphatic carbocycles. The second-order valence-corrected chi connectivity index (χ2v) is 6.94. The van der Waals surface area contributed by atoms with Gasteiger partial charge in [-0.25, -0.2) is 0 Å². The zero-order valence-electron chi connectivity index (χ0n) is 11.8. The maximum absolute atomic E-state index is 11.8. The Morgan fingerprint density at radius 1 is 1.09 bits per heavy atom. The molecule has 0 spiro atoms. The Kier molecular flexibility index (Phi) is 5.57. The highest BCUT2D eigenvalue weighted by Gasteiger charge is 2.31. The fourth-order valence-electron chi connectivity index (χ4n) is 1.84. The van der Waals surface area contributed by atoms with Crippen LogP contribution in [0.2, 0.25) is 0 Å². The van der Waals surface area contributed by atoms with E-state index in [0.29, 0.717) is 12.3 Å². The van der Waals surface area contributed by atoms with Crippen LogP contribution in [-0.4, -0.2) is 9.70 Å². The average molecular weight is 359 g/mol. The minimum atomic E-state index is -2.01. The summed E-state index contributed by atoms with van der Waals surface area (Å²) in [7, 11) is 0. The molecule has 6 heteroatoms. The van der Waals surface area contributed by atoms with Gasteiger partial charge < -0.3 is 10.1 Å². The zero-order chi connectivity index (χ0) is 16.2. The van der Waals surface area contributed by atoms with Crippen molar-refractivity contribution in [2.24, 2.45) is 0 Å². The Balaban J connectivity index is 2.12. The van der Waals surface area contributed by atoms with E-state index in [9.17, 15) is 4.79 Å². The lowest BCUT2D eigenvalue weighted by Gasteiger charge is -2.15. The molecule has 22 heavy (non-hydrogen) atoms. The van der Waals surface area contributed by atoms with Crippen molar-refractivity contribution in [2.45, 2.75) is 17.3 Å². The van der Waals surface area contributed by atoms with E-state index in [1.807, 2.05) is 43.3 Å². The van der Waals surface area contributed by atoms with Gasteiger partial charge in [0, 0.05) is 11.3 Å². The lowest BCUT2D eigenvalue weighted by atomic mass is 10.2. The number of ether oxygens (including phenoxy) is 1. The first-order valence-electron chi connectivity index (χ1n) is 6.52. The normalized spacial score (nSPS) is 11.1. The van der Waals surface area contributed by atoms with Gasteiger partial charge in [-0.3, -0.25) is 4.79 Å². The minimum absolute atomic E-state index is 0.293. The van der Waals surface area contributed by atoms with Gasteiger partial charge in [0.15, 0.2) is 0 Å². The van der Waals surface area contributed by atoms with Crippen molar-refractivity contribution < 1.29 is 9.53 Å². The van der Waals surface area contributed by atoms with Crippen molar-refractivity contribution >= 4 is 46.4 Å². The first kappa shape index (κ1) is 16.9. The number of nitrogens with one attached hydrogen (secondary N) is 1. The largest absolute Gasteiger partial charge is 0.489 e. The van der Waals surface area contributed by atoms with E-state index in [-0.39, 0.29) is 0 Å². The van der Waals surface area contributed by atoms with Gasteiger partial charge >= 0.3 is 0 Å². The lowest BCUT2D eigenvalue weighted by molar-refractivity contribution is -0.115. The summed E-state index contributed by atoms with van der Waals surface area (Å²) in [6.45, 7) is 2.26. The van der Waals surface area contributed by atoms with E-state index < -0.39 is 9.70 Å². The summed E-state index contributed by atoms with van der Waals surface area (Å²) < 4.78 is 3.77. The first-order chi connectivity index (χ1) is 10.4. The summed E-state index contributed by atoms with van der Waals surface area (Å²) in [5.41, 5.74) is 2.37. The highest BCUT2D eigenvalue weighted by Crippen LogP contribution is 2.29. The molecule has 2 aromatic carbocycles. The Morgan fingerprint density at radius 2 is 1.73 bits per heavy atom. The van der Waals surface area contributed by atoms with Gasteiger partial charge in [-0.15, -0.1) is 0 Å². The van der Waals surface area contributed by atoms with Gasteiger partial charge in [0.05, 0.1) is 0 Å². The number of hydrogen-bond donors (Lipinski definition) is 1. The van der Waals surface area contributed by atoms with Crippen LogP contribution in [0.1, 0.15) is 11.1 Å². The van der Waals surface area contributed by atoms with Crippen LogP contribution in [0.3, 0.4) is 0 Å². The molecule has 2 aromatic rings. The van der Waals surface area contributed by atoms with Crippen LogP contribution in [0.15, 0.2) is 48.5 Å². The van der Waals surface area contributed by atoms with Crippen LogP contribution >= 0.6 is 34.8 Å². The number of amides is 1. The topological polar surface area (TPSA) is 38.3 Å². The summed E-state index contributed by atoms with van der Waals surface area (Å²) in [4.78, 5) is 11.8. The zero-order valence-corrected chi connectivity index (χ0v) is 14.0. The van der Waals surface area contributed by atoms with Gasteiger partial charge in [-0.05, 0) is 24.6 Å². The maximum atomic E-state index is 11.8. The number of hydrogen-bond acceptors (Lipinski definition) is 2. The minimum Gasteiger partial charge on any atom is -0.489 e. The van der Waals surface area contributed by atoms with Crippen molar-refractivity contribution in [3.8, 4) is 5.75 Å². The van der Waals surface area contributed by atoms with E-state index >= 15 is 0 Å². The number of para-hydroxylation sites is 2. The van der Waals surface area contributed by atoms with E-state index in [0.717, 1.165) is 16.9 Å². The molecule has 3 nitrogen and oxygen atoms in total. The highest BCUT2D eigenvalue weighted by atomic mass is 35.6. The molecule has 0 bridgehead atoms. The molecular formula is C16H14Cl3NO2. The van der Waals surface area contributed by atoms with Gasteiger partial charge in [0.2, 0.25) is 0 Å². The average Bonchev–Trinajstić information content (AvgIpc) is 2.47. The number of anilines is 1. The number of carbonyl (C=O) groups excluding carboxylic acids is 1. The third-order valence-corrected chi connectivity index (χ3v) is 3.51. The number of rotatable bonds is 4. The molecule has 0 fully saturated rings. The monoisotopic (exact) mass is 357 g/mol. The summed E-state index contributed by atoms with van der Waals surface area (Å²) in [6, 6.07) is 14.9. The molecule has 0 unspecified atom stereocenters. The molecule has 1 N–H and O–H groups in total. The van der Waals surface area contributed by atoms with Crippen LogP contribution in [0.25, 0.3) is 0 Å². The second kappa shape index (κ2) is 7.23. The van der Waals surface area contributed by atoms with Crippen molar-refractivity contribution in [2.75, 3.05) is 5.32 Å². The maximum Gasteiger partial charge on any atom is 0.276 e. The van der Waals surface area contributed by atoms with Crippen molar-refractivity contribution in [3.05, 3.63) is 59.7 Å². The van der Waals surface area contributed by atoms with Crippen LogP contribution in [0.4, 0.5) is 5.69 Å². The third kappa shape index (κ3) is 4.54. The summed E-state index contributed by atoms with van der Waals surface area (Å²) in [5.74, 6) is 0.0749. The first-order valence-corrected chi connectivity index (χ1v) is 7.66. The van der Waals surface area contributed by atoms with Crippen LogP contribution in [-0.2, 0) is 11.4 Å². The van der Waals surface area contributed by atoms with Crippen LogP contribution in [0.5, 0.6) is 5.75 Å². The third-order valence-electron chi connectivity index (χ3n) is 3.00. The van der Waals surface area contributed by atoms with Gasteiger partial charge in [0.25, 0.3) is 9.70 Å².